The molecule has 0 spiro atoms. The van der Waals surface area contributed by atoms with Gasteiger partial charge >= 0.3 is 0 Å². The van der Waals surface area contributed by atoms with Crippen LogP contribution in [0, 0.1) is 0 Å². The smallest absolute Gasteiger partial charge is 0.133 e. The molecule has 0 aliphatic heterocycles. The van der Waals surface area contributed by atoms with Crippen LogP contribution in [-0.4, -0.2) is 5.78 Å². The van der Waals surface area contributed by atoms with Crippen molar-refractivity contribution in [2.75, 3.05) is 0 Å². The molecule has 1 aliphatic carbocycles. The van der Waals surface area contributed by atoms with Crippen molar-refractivity contribution < 1.29 is 4.79 Å². The summed E-state index contributed by atoms with van der Waals surface area (Å²) in [5.41, 5.74) is 0. The van der Waals surface area contributed by atoms with Crippen molar-refractivity contribution in [3.63, 3.8) is 0 Å². The first-order chi connectivity index (χ1) is 7.89. The summed E-state index contributed by atoms with van der Waals surface area (Å²) in [7, 11) is 0. The molecule has 0 aromatic heterocycles. The van der Waals surface area contributed by atoms with Crippen LogP contribution in [0.25, 0.3) is 0 Å². The molecular weight excluding hydrogens is 196 g/mol. The number of rotatable bonds is 0. The highest BCUT2D eigenvalue weighted by atomic mass is 16.1. The van der Waals surface area contributed by atoms with Gasteiger partial charge in [0.25, 0.3) is 0 Å². The minimum absolute atomic E-state index is 0.407. The normalized spacial score (nSPS) is 25.4. The third-order valence-corrected chi connectivity index (χ3v) is 3.00. The largest absolute Gasteiger partial charge is 0.300 e. The van der Waals surface area contributed by atoms with Crippen LogP contribution < -0.4 is 0 Å². The molecule has 0 amide bonds. The molecule has 0 fully saturated rings. The molecule has 1 nitrogen and oxygen atoms in total. The summed E-state index contributed by atoms with van der Waals surface area (Å²) in [5.74, 6) is 0.407. The molecule has 0 saturated carbocycles. The SMILES string of the molecule is O=C1CC/C=C/CCCCCC/C=C/CC1. The van der Waals surface area contributed by atoms with E-state index >= 15 is 0 Å². The van der Waals surface area contributed by atoms with Gasteiger partial charge in [-0.2, -0.15) is 0 Å². The van der Waals surface area contributed by atoms with Crippen LogP contribution in [0.3, 0.4) is 0 Å². The fourth-order valence-corrected chi connectivity index (χ4v) is 1.96. The van der Waals surface area contributed by atoms with E-state index < -0.39 is 0 Å². The van der Waals surface area contributed by atoms with Crippen LogP contribution in [0.2, 0.25) is 0 Å². The van der Waals surface area contributed by atoms with Gasteiger partial charge in [-0.1, -0.05) is 37.1 Å². The van der Waals surface area contributed by atoms with E-state index in [9.17, 15) is 4.79 Å². The zero-order valence-corrected chi connectivity index (χ0v) is 10.3. The minimum atomic E-state index is 0.407. The predicted octanol–water partition coefficient (Wildman–Crippen LogP) is 4.58. The number of hydrogen-bond donors (Lipinski definition) is 0. The molecule has 1 aliphatic rings. The Morgan fingerprint density at radius 2 is 1.06 bits per heavy atom. The molecule has 0 aromatic rings. The number of Topliss-reactive ketones (excluding diaryl/α,β-unsaturated/α-hetero) is 1. The fraction of sp³-hybridized carbons (Fsp3) is 0.667. The average Bonchev–Trinajstić information content (AvgIpc) is 2.29. The lowest BCUT2D eigenvalue weighted by Gasteiger charge is -1.96. The molecule has 0 aromatic carbocycles. The van der Waals surface area contributed by atoms with Crippen molar-refractivity contribution in [2.24, 2.45) is 0 Å². The lowest BCUT2D eigenvalue weighted by molar-refractivity contribution is -0.118. The Labute approximate surface area is 99.6 Å². The topological polar surface area (TPSA) is 17.1 Å². The van der Waals surface area contributed by atoms with Gasteiger partial charge in [0.05, 0.1) is 0 Å². The maximum atomic E-state index is 11.5. The Morgan fingerprint density at radius 3 is 1.56 bits per heavy atom. The number of hydrogen-bond acceptors (Lipinski definition) is 1. The standard InChI is InChI=1S/C15H24O/c16-15-13-11-9-7-5-3-1-2-4-6-8-10-12-14-15/h7-10H,1-6,11-14H2/b9-7+,10-8+. The van der Waals surface area contributed by atoms with Crippen LogP contribution in [0.15, 0.2) is 24.3 Å². The van der Waals surface area contributed by atoms with E-state index in [4.69, 9.17) is 0 Å². The Kier molecular flexibility index (Phi) is 7.75. The van der Waals surface area contributed by atoms with Gasteiger partial charge in [0.15, 0.2) is 0 Å². The van der Waals surface area contributed by atoms with E-state index in [1.807, 2.05) is 0 Å². The molecule has 0 heterocycles. The van der Waals surface area contributed by atoms with Crippen LogP contribution >= 0.6 is 0 Å². The second-order valence-corrected chi connectivity index (χ2v) is 4.55. The van der Waals surface area contributed by atoms with Gasteiger partial charge in [-0.25, -0.2) is 0 Å². The van der Waals surface area contributed by atoms with Gasteiger partial charge in [-0.05, 0) is 38.5 Å². The van der Waals surface area contributed by atoms with Crippen LogP contribution in [0.4, 0.5) is 0 Å². The molecule has 90 valence electrons. The predicted molar refractivity (Wildman–Crippen MR) is 69.5 cm³/mol. The average molecular weight is 220 g/mol. The van der Waals surface area contributed by atoms with Crippen molar-refractivity contribution in [1.29, 1.82) is 0 Å². The van der Waals surface area contributed by atoms with Gasteiger partial charge in [-0.3, -0.25) is 4.79 Å². The highest BCUT2D eigenvalue weighted by Gasteiger charge is 1.98. The van der Waals surface area contributed by atoms with E-state index in [-0.39, 0.29) is 0 Å². The molecular formula is C15H24O. The molecule has 16 heavy (non-hydrogen) atoms. The second kappa shape index (κ2) is 9.38. The molecule has 1 rings (SSSR count). The molecule has 1 heteroatoms. The summed E-state index contributed by atoms with van der Waals surface area (Å²) in [6, 6.07) is 0. The Balaban J connectivity index is 2.28. The number of allylic oxidation sites excluding steroid dienone is 4. The maximum absolute atomic E-state index is 11.5. The van der Waals surface area contributed by atoms with Gasteiger partial charge < -0.3 is 0 Å². The van der Waals surface area contributed by atoms with E-state index in [1.54, 1.807) is 0 Å². The number of carbonyl (C=O) groups excluding carboxylic acids is 1. The molecule has 0 unspecified atom stereocenters. The van der Waals surface area contributed by atoms with Gasteiger partial charge in [0, 0.05) is 12.8 Å². The van der Waals surface area contributed by atoms with Crippen LogP contribution in [0.5, 0.6) is 0 Å². The first kappa shape index (κ1) is 13.2. The third kappa shape index (κ3) is 7.44. The van der Waals surface area contributed by atoms with E-state index in [2.05, 4.69) is 24.3 Å². The lowest BCUT2D eigenvalue weighted by atomic mass is 10.1. The summed E-state index contributed by atoms with van der Waals surface area (Å²) in [6.07, 6.45) is 19.8. The number of ketones is 1. The maximum Gasteiger partial charge on any atom is 0.133 e. The molecule has 0 N–H and O–H groups in total. The lowest BCUT2D eigenvalue weighted by Crippen LogP contribution is -1.95. The van der Waals surface area contributed by atoms with E-state index in [0.717, 1.165) is 25.7 Å². The molecule has 0 atom stereocenters. The zero-order chi connectivity index (χ0) is 11.5. The summed E-state index contributed by atoms with van der Waals surface area (Å²) in [5, 5.41) is 0. The van der Waals surface area contributed by atoms with Gasteiger partial charge in [0.2, 0.25) is 0 Å². The van der Waals surface area contributed by atoms with Crippen molar-refractivity contribution in [1.82, 2.24) is 0 Å². The first-order valence-corrected chi connectivity index (χ1v) is 6.71. The van der Waals surface area contributed by atoms with Gasteiger partial charge in [0.1, 0.15) is 5.78 Å². The summed E-state index contributed by atoms with van der Waals surface area (Å²) in [6.45, 7) is 0. The van der Waals surface area contributed by atoms with Gasteiger partial charge in [-0.15, -0.1) is 0 Å². The summed E-state index contributed by atoms with van der Waals surface area (Å²) in [4.78, 5) is 11.5. The monoisotopic (exact) mass is 220 g/mol. The first-order valence-electron chi connectivity index (χ1n) is 6.71. The number of carbonyl (C=O) groups is 1. The van der Waals surface area contributed by atoms with Crippen molar-refractivity contribution in [3.8, 4) is 0 Å². The van der Waals surface area contributed by atoms with E-state index in [0.29, 0.717) is 5.78 Å². The fourth-order valence-electron chi connectivity index (χ4n) is 1.96. The Morgan fingerprint density at radius 1 is 0.625 bits per heavy atom. The van der Waals surface area contributed by atoms with Crippen molar-refractivity contribution in [3.05, 3.63) is 24.3 Å². The minimum Gasteiger partial charge on any atom is -0.300 e. The third-order valence-electron chi connectivity index (χ3n) is 3.00. The Bertz CT molecular complexity index is 214. The highest BCUT2D eigenvalue weighted by Crippen LogP contribution is 2.09. The van der Waals surface area contributed by atoms with E-state index in [1.165, 1.54) is 38.5 Å². The summed E-state index contributed by atoms with van der Waals surface area (Å²) >= 11 is 0. The zero-order valence-electron chi connectivity index (χ0n) is 10.3. The molecule has 0 radical (unpaired) electrons. The quantitative estimate of drug-likeness (QED) is 0.546. The van der Waals surface area contributed by atoms with Crippen molar-refractivity contribution >= 4 is 5.78 Å². The summed E-state index contributed by atoms with van der Waals surface area (Å²) < 4.78 is 0. The van der Waals surface area contributed by atoms with Crippen LogP contribution in [0.1, 0.15) is 64.2 Å². The second-order valence-electron chi connectivity index (χ2n) is 4.55. The van der Waals surface area contributed by atoms with Crippen LogP contribution in [-0.2, 0) is 4.79 Å². The Hall–Kier alpha value is -0.850. The molecule has 0 saturated heterocycles. The molecule has 0 bridgehead atoms. The van der Waals surface area contributed by atoms with Crippen molar-refractivity contribution in [2.45, 2.75) is 64.2 Å². The highest BCUT2D eigenvalue weighted by molar-refractivity contribution is 5.78.